The van der Waals surface area contributed by atoms with Crippen LogP contribution in [-0.4, -0.2) is 50.2 Å². The fourth-order valence-electron chi connectivity index (χ4n) is 2.58. The molecule has 2 N–H and O–H groups in total. The summed E-state index contributed by atoms with van der Waals surface area (Å²) in [5.74, 6) is 0.411. The van der Waals surface area contributed by atoms with Crippen LogP contribution in [0.1, 0.15) is 61.9 Å². The third-order valence-corrected chi connectivity index (χ3v) is 3.81. The van der Waals surface area contributed by atoms with Crippen LogP contribution in [0.3, 0.4) is 0 Å². The van der Waals surface area contributed by atoms with Crippen LogP contribution in [0.25, 0.3) is 0 Å². The minimum atomic E-state index is -0.783. The summed E-state index contributed by atoms with van der Waals surface area (Å²) in [5.41, 5.74) is 0. The number of nitrogens with zero attached hydrogens (tertiary/aromatic N) is 3. The second kappa shape index (κ2) is 6.69. The highest BCUT2D eigenvalue weighted by molar-refractivity contribution is 5.90. The molecule has 21 heavy (non-hydrogen) atoms. The Balaban J connectivity index is 1.96. The summed E-state index contributed by atoms with van der Waals surface area (Å²) in [4.78, 5) is 29.0. The van der Waals surface area contributed by atoms with Crippen LogP contribution in [0.15, 0.2) is 0 Å². The Kier molecular flexibility index (Phi) is 4.93. The standard InChI is InChI=1S/C14H22N4O3/c1-9(2)12-15-13(17-16-12)14(21)18-7-3-4-10(8-18)5-6-11(19)20/h9-10H,3-8H2,1-2H3,(H,19,20)(H,15,16,17). The van der Waals surface area contributed by atoms with Crippen LogP contribution in [0, 0.1) is 5.92 Å². The van der Waals surface area contributed by atoms with E-state index in [1.807, 2.05) is 13.8 Å². The summed E-state index contributed by atoms with van der Waals surface area (Å²) in [6.07, 6.45) is 2.65. The van der Waals surface area contributed by atoms with Crippen molar-refractivity contribution in [2.75, 3.05) is 13.1 Å². The van der Waals surface area contributed by atoms with Gasteiger partial charge in [0, 0.05) is 25.4 Å². The lowest BCUT2D eigenvalue weighted by molar-refractivity contribution is -0.137. The number of H-pyrrole nitrogens is 1. The number of piperidine rings is 1. The minimum Gasteiger partial charge on any atom is -0.481 e. The van der Waals surface area contributed by atoms with E-state index in [9.17, 15) is 9.59 Å². The van der Waals surface area contributed by atoms with Crippen LogP contribution in [0.5, 0.6) is 0 Å². The molecule has 0 saturated carbocycles. The quantitative estimate of drug-likeness (QED) is 0.860. The largest absolute Gasteiger partial charge is 0.481 e. The molecule has 1 unspecified atom stereocenters. The number of rotatable bonds is 5. The predicted molar refractivity (Wildman–Crippen MR) is 76.0 cm³/mol. The number of aromatic nitrogens is 3. The van der Waals surface area contributed by atoms with Crippen molar-refractivity contribution in [1.29, 1.82) is 0 Å². The number of nitrogens with one attached hydrogen (secondary N) is 1. The molecule has 2 heterocycles. The Morgan fingerprint density at radius 1 is 1.48 bits per heavy atom. The van der Waals surface area contributed by atoms with Crippen LogP contribution in [0.4, 0.5) is 0 Å². The first-order chi connectivity index (χ1) is 9.97. The molecule has 7 heteroatoms. The normalized spacial score (nSPS) is 19.0. The molecule has 0 aliphatic carbocycles. The molecule has 0 aromatic carbocycles. The maximum Gasteiger partial charge on any atom is 0.303 e. The highest BCUT2D eigenvalue weighted by Crippen LogP contribution is 2.22. The zero-order valence-electron chi connectivity index (χ0n) is 12.5. The molecule has 1 aliphatic heterocycles. The van der Waals surface area contributed by atoms with Gasteiger partial charge in [-0.25, -0.2) is 4.98 Å². The van der Waals surface area contributed by atoms with E-state index in [0.29, 0.717) is 25.3 Å². The third-order valence-electron chi connectivity index (χ3n) is 3.81. The molecule has 1 aromatic heterocycles. The Labute approximate surface area is 123 Å². The van der Waals surface area contributed by atoms with E-state index in [4.69, 9.17) is 5.11 Å². The van der Waals surface area contributed by atoms with Gasteiger partial charge in [0.2, 0.25) is 5.82 Å². The molecule has 0 bridgehead atoms. The van der Waals surface area contributed by atoms with Crippen LogP contribution >= 0.6 is 0 Å². The van der Waals surface area contributed by atoms with Gasteiger partial charge in [0.1, 0.15) is 5.82 Å². The summed E-state index contributed by atoms with van der Waals surface area (Å²) in [7, 11) is 0. The maximum atomic E-state index is 12.4. The number of hydrogen-bond acceptors (Lipinski definition) is 4. The van der Waals surface area contributed by atoms with Gasteiger partial charge in [-0.1, -0.05) is 13.8 Å². The van der Waals surface area contributed by atoms with Gasteiger partial charge >= 0.3 is 5.97 Å². The monoisotopic (exact) mass is 294 g/mol. The summed E-state index contributed by atoms with van der Waals surface area (Å²) >= 11 is 0. The summed E-state index contributed by atoms with van der Waals surface area (Å²) in [6.45, 7) is 5.25. The van der Waals surface area contributed by atoms with E-state index in [2.05, 4.69) is 15.2 Å². The van der Waals surface area contributed by atoms with E-state index in [-0.39, 0.29) is 30.0 Å². The molecule has 116 valence electrons. The van der Waals surface area contributed by atoms with Crippen molar-refractivity contribution in [3.63, 3.8) is 0 Å². The van der Waals surface area contributed by atoms with E-state index in [0.717, 1.165) is 12.8 Å². The fourth-order valence-corrected chi connectivity index (χ4v) is 2.58. The first-order valence-corrected chi connectivity index (χ1v) is 7.40. The van der Waals surface area contributed by atoms with Gasteiger partial charge in [0.15, 0.2) is 0 Å². The van der Waals surface area contributed by atoms with Crippen LogP contribution < -0.4 is 0 Å². The Morgan fingerprint density at radius 3 is 2.86 bits per heavy atom. The number of hydrogen-bond donors (Lipinski definition) is 2. The van der Waals surface area contributed by atoms with Crippen molar-refractivity contribution in [1.82, 2.24) is 20.1 Å². The summed E-state index contributed by atoms with van der Waals surface area (Å²) < 4.78 is 0. The molecule has 1 saturated heterocycles. The SMILES string of the molecule is CC(C)c1nc(C(=O)N2CCCC(CCC(=O)O)C2)n[nH]1. The number of carboxylic acid groups (broad SMARTS) is 1. The highest BCUT2D eigenvalue weighted by Gasteiger charge is 2.27. The van der Waals surface area contributed by atoms with Gasteiger partial charge in [0.25, 0.3) is 5.91 Å². The van der Waals surface area contributed by atoms with E-state index < -0.39 is 5.97 Å². The number of aliphatic carboxylic acids is 1. The lowest BCUT2D eigenvalue weighted by atomic mass is 9.93. The number of carbonyl (C=O) groups is 2. The maximum absolute atomic E-state index is 12.4. The molecular formula is C14H22N4O3. The van der Waals surface area contributed by atoms with E-state index in [1.54, 1.807) is 4.90 Å². The van der Waals surface area contributed by atoms with Crippen LogP contribution in [0.2, 0.25) is 0 Å². The summed E-state index contributed by atoms with van der Waals surface area (Å²) in [6, 6.07) is 0. The third kappa shape index (κ3) is 4.03. The Hall–Kier alpha value is -1.92. The zero-order valence-corrected chi connectivity index (χ0v) is 12.5. The first kappa shape index (κ1) is 15.5. The average molecular weight is 294 g/mol. The van der Waals surface area contributed by atoms with Crippen molar-refractivity contribution in [2.24, 2.45) is 5.92 Å². The van der Waals surface area contributed by atoms with Crippen molar-refractivity contribution in [3.05, 3.63) is 11.6 Å². The fraction of sp³-hybridized carbons (Fsp3) is 0.714. The van der Waals surface area contributed by atoms with Crippen molar-refractivity contribution < 1.29 is 14.7 Å². The van der Waals surface area contributed by atoms with E-state index in [1.165, 1.54) is 0 Å². The second-order valence-corrected chi connectivity index (χ2v) is 5.89. The van der Waals surface area contributed by atoms with Gasteiger partial charge in [0.05, 0.1) is 0 Å². The van der Waals surface area contributed by atoms with Gasteiger partial charge < -0.3 is 10.0 Å². The molecule has 1 aromatic rings. The molecule has 0 spiro atoms. The number of carbonyl (C=O) groups excluding carboxylic acids is 1. The predicted octanol–water partition coefficient (Wildman–Crippen LogP) is 1.65. The molecule has 7 nitrogen and oxygen atoms in total. The van der Waals surface area contributed by atoms with Gasteiger partial charge in [-0.05, 0) is 25.2 Å². The number of likely N-dealkylation sites (tertiary alicyclic amines) is 1. The summed E-state index contributed by atoms with van der Waals surface area (Å²) in [5, 5.41) is 15.5. The van der Waals surface area contributed by atoms with Gasteiger partial charge in [-0.3, -0.25) is 14.7 Å². The minimum absolute atomic E-state index is 0.158. The molecule has 0 radical (unpaired) electrons. The molecule has 1 atom stereocenters. The molecule has 2 rings (SSSR count). The van der Waals surface area contributed by atoms with Gasteiger partial charge in [-0.2, -0.15) is 0 Å². The molecular weight excluding hydrogens is 272 g/mol. The Bertz CT molecular complexity index is 512. The molecule has 1 aliphatic rings. The van der Waals surface area contributed by atoms with Crippen molar-refractivity contribution in [2.45, 2.75) is 45.4 Å². The molecule has 1 fully saturated rings. The Morgan fingerprint density at radius 2 is 2.24 bits per heavy atom. The number of aromatic amines is 1. The lowest BCUT2D eigenvalue weighted by Gasteiger charge is -2.31. The number of amides is 1. The smallest absolute Gasteiger partial charge is 0.303 e. The lowest BCUT2D eigenvalue weighted by Crippen LogP contribution is -2.40. The topological polar surface area (TPSA) is 99.2 Å². The second-order valence-electron chi connectivity index (χ2n) is 5.89. The first-order valence-electron chi connectivity index (χ1n) is 7.40. The van der Waals surface area contributed by atoms with E-state index >= 15 is 0 Å². The van der Waals surface area contributed by atoms with Crippen molar-refractivity contribution in [3.8, 4) is 0 Å². The number of carboxylic acids is 1. The van der Waals surface area contributed by atoms with Gasteiger partial charge in [-0.15, -0.1) is 5.10 Å². The molecule has 1 amide bonds. The average Bonchev–Trinajstić information content (AvgIpc) is 2.94. The van der Waals surface area contributed by atoms with Crippen molar-refractivity contribution >= 4 is 11.9 Å². The zero-order chi connectivity index (χ0) is 15.4. The highest BCUT2D eigenvalue weighted by atomic mass is 16.4. The van der Waals surface area contributed by atoms with Crippen LogP contribution in [-0.2, 0) is 4.79 Å².